The van der Waals surface area contributed by atoms with E-state index < -0.39 is 43.0 Å². The Balaban J connectivity index is 2.07. The first-order valence-corrected chi connectivity index (χ1v) is 12.3. The van der Waals surface area contributed by atoms with E-state index in [2.05, 4.69) is 19.1 Å². The Morgan fingerprint density at radius 1 is 0.875 bits per heavy atom. The van der Waals surface area contributed by atoms with E-state index in [-0.39, 0.29) is 6.42 Å². The van der Waals surface area contributed by atoms with Gasteiger partial charge in [0.25, 0.3) is 0 Å². The predicted molar refractivity (Wildman–Crippen MR) is 120 cm³/mol. The SMILES string of the molecule is CCCCCCCC/C=C/CCCCCCCC(=O)O[C@@]1(O)O[C@H](CO)[C@H](O)[C@H](O)[C@H]1O. The highest BCUT2D eigenvalue weighted by Crippen LogP contribution is 2.29. The Kier molecular flexibility index (Phi) is 15.0. The van der Waals surface area contributed by atoms with Crippen LogP contribution < -0.4 is 0 Å². The van der Waals surface area contributed by atoms with Crippen LogP contribution in [0.4, 0.5) is 0 Å². The Morgan fingerprint density at radius 3 is 1.97 bits per heavy atom. The normalized spacial score (nSPS) is 28.3. The second kappa shape index (κ2) is 16.6. The lowest BCUT2D eigenvalue weighted by Gasteiger charge is -2.43. The van der Waals surface area contributed by atoms with Gasteiger partial charge in [0.05, 0.1) is 6.61 Å². The minimum Gasteiger partial charge on any atom is -0.406 e. The first-order valence-electron chi connectivity index (χ1n) is 12.3. The van der Waals surface area contributed by atoms with Crippen LogP contribution in [0.1, 0.15) is 96.8 Å². The number of carbonyl (C=O) groups is 1. The van der Waals surface area contributed by atoms with Crippen molar-refractivity contribution in [3.05, 3.63) is 12.2 Å². The Bertz CT molecular complexity index is 524. The lowest BCUT2D eigenvalue weighted by molar-refractivity contribution is -0.434. The zero-order valence-corrected chi connectivity index (χ0v) is 19.5. The molecule has 0 bridgehead atoms. The van der Waals surface area contributed by atoms with Crippen molar-refractivity contribution < 1.29 is 39.8 Å². The number of ether oxygens (including phenoxy) is 2. The quantitative estimate of drug-likeness (QED) is 0.0967. The Hall–Kier alpha value is -1.03. The summed E-state index contributed by atoms with van der Waals surface area (Å²) in [6.45, 7) is 1.51. The fourth-order valence-electron chi connectivity index (χ4n) is 3.76. The second-order valence-electron chi connectivity index (χ2n) is 8.70. The summed E-state index contributed by atoms with van der Waals surface area (Å²) >= 11 is 0. The smallest absolute Gasteiger partial charge is 0.357 e. The third kappa shape index (κ3) is 10.7. The van der Waals surface area contributed by atoms with Crippen LogP contribution in [0, 0.1) is 0 Å². The molecule has 0 unspecified atom stereocenters. The van der Waals surface area contributed by atoms with E-state index in [9.17, 15) is 25.2 Å². The number of allylic oxidation sites excluding steroid dienone is 2. The van der Waals surface area contributed by atoms with Gasteiger partial charge in [0, 0.05) is 6.42 Å². The molecule has 0 aromatic carbocycles. The number of unbranched alkanes of at least 4 members (excludes halogenated alkanes) is 11. The molecule has 5 atom stereocenters. The molecule has 1 rings (SSSR count). The van der Waals surface area contributed by atoms with Gasteiger partial charge >= 0.3 is 11.9 Å². The number of aliphatic hydroxyl groups is 5. The van der Waals surface area contributed by atoms with Crippen molar-refractivity contribution >= 4 is 5.97 Å². The molecule has 8 heteroatoms. The van der Waals surface area contributed by atoms with Gasteiger partial charge in [-0.25, -0.2) is 0 Å². The minimum absolute atomic E-state index is 0.0268. The zero-order chi connectivity index (χ0) is 23.8. The van der Waals surface area contributed by atoms with Crippen molar-refractivity contribution in [1.82, 2.24) is 0 Å². The van der Waals surface area contributed by atoms with Crippen molar-refractivity contribution in [2.24, 2.45) is 0 Å². The molecule has 32 heavy (non-hydrogen) atoms. The lowest BCUT2D eigenvalue weighted by Crippen LogP contribution is -2.66. The summed E-state index contributed by atoms with van der Waals surface area (Å²) < 4.78 is 9.73. The van der Waals surface area contributed by atoms with Gasteiger partial charge in [-0.15, -0.1) is 0 Å². The molecule has 1 aliphatic rings. The average molecular weight is 461 g/mol. The van der Waals surface area contributed by atoms with Gasteiger partial charge in [0.1, 0.15) is 18.3 Å². The number of hydrogen-bond acceptors (Lipinski definition) is 8. The van der Waals surface area contributed by atoms with E-state index >= 15 is 0 Å². The first-order chi connectivity index (χ1) is 15.4. The van der Waals surface area contributed by atoms with Crippen LogP contribution in [-0.4, -0.2) is 68.5 Å². The summed E-state index contributed by atoms with van der Waals surface area (Å²) in [6.07, 6.45) is 12.4. The summed E-state index contributed by atoms with van der Waals surface area (Å²) in [5.74, 6) is -3.59. The number of esters is 1. The van der Waals surface area contributed by atoms with Gasteiger partial charge in [-0.3, -0.25) is 4.79 Å². The molecule has 8 nitrogen and oxygen atoms in total. The summed E-state index contributed by atoms with van der Waals surface area (Å²) in [5.41, 5.74) is 0. The van der Waals surface area contributed by atoms with E-state index in [1.54, 1.807) is 0 Å². The molecule has 1 heterocycles. The van der Waals surface area contributed by atoms with Crippen LogP contribution in [0.2, 0.25) is 0 Å². The first kappa shape index (κ1) is 29.0. The molecule has 0 aromatic heterocycles. The minimum atomic E-state index is -2.80. The van der Waals surface area contributed by atoms with Gasteiger partial charge in [-0.05, 0) is 32.1 Å². The lowest BCUT2D eigenvalue weighted by atomic mass is 9.98. The highest BCUT2D eigenvalue weighted by Gasteiger charge is 2.55. The van der Waals surface area contributed by atoms with Crippen molar-refractivity contribution in [1.29, 1.82) is 0 Å². The van der Waals surface area contributed by atoms with Crippen LogP contribution >= 0.6 is 0 Å². The third-order valence-corrected chi connectivity index (χ3v) is 5.83. The van der Waals surface area contributed by atoms with Gasteiger partial charge in [0.15, 0.2) is 6.10 Å². The maximum atomic E-state index is 12.0. The third-order valence-electron chi connectivity index (χ3n) is 5.83. The molecule has 0 aromatic rings. The molecule has 0 spiro atoms. The van der Waals surface area contributed by atoms with Gasteiger partial charge in [0.2, 0.25) is 0 Å². The number of hydrogen-bond donors (Lipinski definition) is 5. The van der Waals surface area contributed by atoms with Crippen LogP contribution in [0.5, 0.6) is 0 Å². The van der Waals surface area contributed by atoms with Crippen LogP contribution in [0.25, 0.3) is 0 Å². The van der Waals surface area contributed by atoms with E-state index in [1.807, 2.05) is 0 Å². The largest absolute Gasteiger partial charge is 0.406 e. The molecule has 0 aliphatic carbocycles. The van der Waals surface area contributed by atoms with Crippen molar-refractivity contribution in [2.45, 2.75) is 127 Å². The maximum Gasteiger partial charge on any atom is 0.357 e. The molecule has 1 aliphatic heterocycles. The highest BCUT2D eigenvalue weighted by molar-refractivity contribution is 5.69. The molecule has 1 saturated heterocycles. The molecule has 188 valence electrons. The fourth-order valence-corrected chi connectivity index (χ4v) is 3.76. The monoisotopic (exact) mass is 460 g/mol. The molecule has 0 saturated carbocycles. The van der Waals surface area contributed by atoms with E-state index in [4.69, 9.17) is 14.6 Å². The van der Waals surface area contributed by atoms with Crippen LogP contribution in [0.3, 0.4) is 0 Å². The van der Waals surface area contributed by atoms with E-state index in [1.165, 1.54) is 38.5 Å². The zero-order valence-electron chi connectivity index (χ0n) is 19.5. The van der Waals surface area contributed by atoms with Crippen molar-refractivity contribution in [3.63, 3.8) is 0 Å². The van der Waals surface area contributed by atoms with Crippen LogP contribution in [0.15, 0.2) is 12.2 Å². The molecular formula is C24H44O8. The number of rotatable bonds is 17. The average Bonchev–Trinajstić information content (AvgIpc) is 2.77. The second-order valence-corrected chi connectivity index (χ2v) is 8.70. The highest BCUT2D eigenvalue weighted by atomic mass is 16.8. The summed E-state index contributed by atoms with van der Waals surface area (Å²) in [5, 5.41) is 48.7. The van der Waals surface area contributed by atoms with Crippen molar-refractivity contribution in [3.8, 4) is 0 Å². The fraction of sp³-hybridized carbons (Fsp3) is 0.875. The molecule has 5 N–H and O–H groups in total. The molecular weight excluding hydrogens is 416 g/mol. The molecule has 0 radical (unpaired) electrons. The predicted octanol–water partition coefficient (Wildman–Crippen LogP) is 2.69. The molecule has 1 fully saturated rings. The molecule has 0 amide bonds. The standard InChI is InChI=1S/C24H44O8/c1-2-3-4-5-6-7-8-9-10-11-12-13-14-15-16-17-20(26)32-24(30)23(29)22(28)21(27)19(18-25)31-24/h9-10,19,21-23,25,27-30H,2-8,11-18H2,1H3/b10-9+/t19-,21+,22+,23-,24+/m1/s1. The van der Waals surface area contributed by atoms with Gasteiger partial charge in [-0.2, -0.15) is 0 Å². The van der Waals surface area contributed by atoms with Gasteiger partial charge < -0.3 is 35.0 Å². The Labute approximate surface area is 192 Å². The topological polar surface area (TPSA) is 137 Å². The van der Waals surface area contributed by atoms with E-state index in [0.717, 1.165) is 38.5 Å². The Morgan fingerprint density at radius 2 is 1.41 bits per heavy atom. The maximum absolute atomic E-state index is 12.0. The summed E-state index contributed by atoms with van der Waals surface area (Å²) in [7, 11) is 0. The number of aliphatic hydroxyl groups excluding tert-OH is 4. The summed E-state index contributed by atoms with van der Waals surface area (Å²) in [6, 6.07) is 0. The summed E-state index contributed by atoms with van der Waals surface area (Å²) in [4.78, 5) is 12.0. The van der Waals surface area contributed by atoms with Gasteiger partial charge in [-0.1, -0.05) is 70.4 Å². The van der Waals surface area contributed by atoms with E-state index in [0.29, 0.717) is 6.42 Å². The van der Waals surface area contributed by atoms with Crippen LogP contribution in [-0.2, 0) is 14.3 Å². The number of carbonyl (C=O) groups excluding carboxylic acids is 1. The van der Waals surface area contributed by atoms with Crippen molar-refractivity contribution in [2.75, 3.05) is 6.61 Å².